The maximum Gasteiger partial charge on any atom is 0.278 e. The van der Waals surface area contributed by atoms with Crippen LogP contribution in [0.5, 0.6) is 17.2 Å². The lowest BCUT2D eigenvalue weighted by Gasteiger charge is -2.12. The molecule has 2 aliphatic heterocycles. The number of nitrogens with zero attached hydrogens (tertiary/aromatic N) is 2. The minimum atomic E-state index is -0.212. The summed E-state index contributed by atoms with van der Waals surface area (Å²) < 4.78 is 10.7. The second-order valence-corrected chi connectivity index (χ2v) is 5.70. The third-order valence-electron chi connectivity index (χ3n) is 4.48. The fourth-order valence-corrected chi connectivity index (χ4v) is 3.38. The van der Waals surface area contributed by atoms with Gasteiger partial charge < -0.3 is 14.6 Å². The van der Waals surface area contributed by atoms with Crippen LogP contribution in [0.15, 0.2) is 41.5 Å². The molecule has 1 N–H and O–H groups in total. The van der Waals surface area contributed by atoms with Crippen molar-refractivity contribution < 1.29 is 19.4 Å². The molecule has 0 spiro atoms. The molecule has 6 heteroatoms. The van der Waals surface area contributed by atoms with Crippen LogP contribution in [0.4, 0.5) is 0 Å². The van der Waals surface area contributed by atoms with Gasteiger partial charge in [-0.15, -0.1) is 0 Å². The molecule has 1 unspecified atom stereocenters. The Morgan fingerprint density at radius 1 is 1.17 bits per heavy atom. The Kier molecular flexibility index (Phi) is 3.19. The van der Waals surface area contributed by atoms with Crippen molar-refractivity contribution in [2.24, 2.45) is 5.10 Å². The molecule has 2 aromatic carbocycles. The number of phenolic OH excluding ortho intramolecular Hbond substituents is 1. The first-order chi connectivity index (χ1) is 11.7. The Labute approximate surface area is 138 Å². The third kappa shape index (κ3) is 1.89. The van der Waals surface area contributed by atoms with E-state index in [2.05, 4.69) is 5.10 Å². The number of hydrogen-bond acceptors (Lipinski definition) is 5. The van der Waals surface area contributed by atoms with Gasteiger partial charge in [-0.05, 0) is 23.8 Å². The molecular formula is C18H16N2O4. The van der Waals surface area contributed by atoms with Crippen molar-refractivity contribution in [2.45, 2.75) is 12.5 Å². The van der Waals surface area contributed by atoms with Gasteiger partial charge in [-0.3, -0.25) is 4.79 Å². The molecule has 0 fully saturated rings. The molecular weight excluding hydrogens is 308 g/mol. The van der Waals surface area contributed by atoms with E-state index in [9.17, 15) is 9.90 Å². The summed E-state index contributed by atoms with van der Waals surface area (Å²) in [6.07, 6.45) is 0.547. The van der Waals surface area contributed by atoms with Crippen molar-refractivity contribution in [3.8, 4) is 17.2 Å². The van der Waals surface area contributed by atoms with Crippen LogP contribution in [0, 0.1) is 0 Å². The van der Waals surface area contributed by atoms with Crippen molar-refractivity contribution in [3.05, 3.63) is 53.1 Å². The first kappa shape index (κ1) is 14.6. The molecule has 2 heterocycles. The summed E-state index contributed by atoms with van der Waals surface area (Å²) in [7, 11) is 3.06. The zero-order chi connectivity index (χ0) is 16.8. The number of carbonyl (C=O) groups excluding carboxylic acids is 1. The highest BCUT2D eigenvalue weighted by Gasteiger charge is 2.44. The number of fused-ring (bicyclic) bond motifs is 3. The van der Waals surface area contributed by atoms with E-state index < -0.39 is 0 Å². The zero-order valence-corrected chi connectivity index (χ0v) is 13.3. The van der Waals surface area contributed by atoms with Crippen LogP contribution >= 0.6 is 0 Å². The maximum absolute atomic E-state index is 12.8. The highest BCUT2D eigenvalue weighted by atomic mass is 16.5. The first-order valence-electron chi connectivity index (χ1n) is 7.60. The van der Waals surface area contributed by atoms with E-state index >= 15 is 0 Å². The van der Waals surface area contributed by atoms with Gasteiger partial charge in [0.25, 0.3) is 5.91 Å². The van der Waals surface area contributed by atoms with E-state index in [1.165, 1.54) is 12.1 Å². The lowest BCUT2D eigenvalue weighted by molar-refractivity contribution is 0.0753. The van der Waals surface area contributed by atoms with Gasteiger partial charge >= 0.3 is 0 Å². The highest BCUT2D eigenvalue weighted by molar-refractivity contribution is 6.10. The summed E-state index contributed by atoms with van der Waals surface area (Å²) in [5, 5.41) is 15.9. The van der Waals surface area contributed by atoms with Gasteiger partial charge in [0.15, 0.2) is 11.5 Å². The Balaban J connectivity index is 1.78. The number of para-hydroxylation sites is 1. The second-order valence-electron chi connectivity index (χ2n) is 5.70. The molecule has 0 aliphatic carbocycles. The molecule has 2 aliphatic rings. The molecule has 6 nitrogen and oxygen atoms in total. The number of amides is 1. The summed E-state index contributed by atoms with van der Waals surface area (Å²) >= 11 is 0. The smallest absolute Gasteiger partial charge is 0.278 e. The van der Waals surface area contributed by atoms with E-state index in [0.29, 0.717) is 34.8 Å². The molecule has 0 saturated carbocycles. The second kappa shape index (κ2) is 5.26. The molecule has 0 saturated heterocycles. The average molecular weight is 324 g/mol. The number of aromatic hydroxyl groups is 1. The molecule has 1 amide bonds. The van der Waals surface area contributed by atoms with Gasteiger partial charge in [-0.2, -0.15) is 5.10 Å². The normalized spacial score (nSPS) is 18.2. The summed E-state index contributed by atoms with van der Waals surface area (Å²) in [5.74, 6) is 0.915. The topological polar surface area (TPSA) is 71.4 Å². The SMILES string of the molecule is COc1ccc2c(c1OC)C(=O)N1N=C(c3ccccc3O)CC21. The summed E-state index contributed by atoms with van der Waals surface area (Å²) in [4.78, 5) is 12.8. The molecule has 0 bridgehead atoms. The number of methoxy groups -OCH3 is 2. The van der Waals surface area contributed by atoms with Crippen molar-refractivity contribution in [3.63, 3.8) is 0 Å². The van der Waals surface area contributed by atoms with E-state index in [1.54, 1.807) is 31.4 Å². The van der Waals surface area contributed by atoms with Crippen LogP contribution in [-0.2, 0) is 0 Å². The minimum Gasteiger partial charge on any atom is -0.507 e. The molecule has 24 heavy (non-hydrogen) atoms. The molecule has 2 aromatic rings. The number of hydrogen-bond donors (Lipinski definition) is 1. The fraction of sp³-hybridized carbons (Fsp3) is 0.222. The van der Waals surface area contributed by atoms with E-state index in [4.69, 9.17) is 9.47 Å². The van der Waals surface area contributed by atoms with Crippen LogP contribution in [0.3, 0.4) is 0 Å². The number of benzene rings is 2. The van der Waals surface area contributed by atoms with Crippen molar-refractivity contribution >= 4 is 11.6 Å². The number of carbonyl (C=O) groups is 1. The standard InChI is InChI=1S/C18H16N2O4/c1-23-15-8-7-11-13-9-12(10-5-3-4-6-14(10)21)19-20(13)18(22)16(11)17(15)24-2/h3-8,13,21H,9H2,1-2H3. The Hall–Kier alpha value is -3.02. The van der Waals surface area contributed by atoms with E-state index in [0.717, 1.165) is 5.56 Å². The predicted octanol–water partition coefficient (Wildman–Crippen LogP) is 2.71. The Morgan fingerprint density at radius 2 is 1.96 bits per heavy atom. The van der Waals surface area contributed by atoms with Crippen molar-refractivity contribution in [2.75, 3.05) is 14.2 Å². The van der Waals surface area contributed by atoms with Gasteiger partial charge in [-0.25, -0.2) is 5.01 Å². The van der Waals surface area contributed by atoms with Gasteiger partial charge in [0.2, 0.25) is 0 Å². The van der Waals surface area contributed by atoms with Gasteiger partial charge in [-0.1, -0.05) is 18.2 Å². The van der Waals surface area contributed by atoms with Gasteiger partial charge in [0.05, 0.1) is 31.5 Å². The maximum atomic E-state index is 12.8. The van der Waals surface area contributed by atoms with Crippen molar-refractivity contribution in [1.82, 2.24) is 5.01 Å². The zero-order valence-electron chi connectivity index (χ0n) is 13.3. The van der Waals surface area contributed by atoms with Crippen LogP contribution in [0.1, 0.15) is 33.9 Å². The highest BCUT2D eigenvalue weighted by Crippen LogP contribution is 2.47. The number of ether oxygens (including phenoxy) is 2. The van der Waals surface area contributed by atoms with Crippen LogP contribution in [0.2, 0.25) is 0 Å². The first-order valence-corrected chi connectivity index (χ1v) is 7.60. The summed E-state index contributed by atoms with van der Waals surface area (Å²) in [5.41, 5.74) is 2.72. The predicted molar refractivity (Wildman–Crippen MR) is 87.7 cm³/mol. The average Bonchev–Trinajstić information content (AvgIpc) is 3.14. The molecule has 122 valence electrons. The monoisotopic (exact) mass is 324 g/mol. The van der Waals surface area contributed by atoms with E-state index in [1.807, 2.05) is 12.1 Å². The summed E-state index contributed by atoms with van der Waals surface area (Å²) in [6, 6.07) is 10.5. The number of hydrazone groups is 1. The quantitative estimate of drug-likeness (QED) is 0.942. The lowest BCUT2D eigenvalue weighted by Crippen LogP contribution is -2.18. The largest absolute Gasteiger partial charge is 0.507 e. The Morgan fingerprint density at radius 3 is 2.67 bits per heavy atom. The van der Waals surface area contributed by atoms with Gasteiger partial charge in [0, 0.05) is 12.0 Å². The molecule has 0 radical (unpaired) electrons. The molecule has 4 rings (SSSR count). The molecule has 0 aromatic heterocycles. The number of phenols is 1. The van der Waals surface area contributed by atoms with E-state index in [-0.39, 0.29) is 17.7 Å². The summed E-state index contributed by atoms with van der Waals surface area (Å²) in [6.45, 7) is 0. The third-order valence-corrected chi connectivity index (χ3v) is 4.48. The van der Waals surface area contributed by atoms with Crippen LogP contribution in [-0.4, -0.2) is 36.0 Å². The lowest BCUT2D eigenvalue weighted by atomic mass is 9.97. The van der Waals surface area contributed by atoms with Gasteiger partial charge in [0.1, 0.15) is 5.75 Å². The number of rotatable bonds is 3. The minimum absolute atomic E-state index is 0.164. The van der Waals surface area contributed by atoms with Crippen LogP contribution < -0.4 is 9.47 Å². The molecule has 1 atom stereocenters. The fourth-order valence-electron chi connectivity index (χ4n) is 3.38. The Bertz CT molecular complexity index is 875. The van der Waals surface area contributed by atoms with Crippen molar-refractivity contribution in [1.29, 1.82) is 0 Å². The van der Waals surface area contributed by atoms with Crippen LogP contribution in [0.25, 0.3) is 0 Å².